The van der Waals surface area contributed by atoms with Crippen molar-refractivity contribution >= 4 is 5.78 Å². The molecular weight excluding hydrogens is 224 g/mol. The van der Waals surface area contributed by atoms with E-state index in [0.717, 1.165) is 43.4 Å². The number of carbonyl (C=O) groups excluding carboxylic acids is 1. The first-order valence-corrected chi connectivity index (χ1v) is 6.94. The molecule has 0 aromatic carbocycles. The zero-order chi connectivity index (χ0) is 12.7. The van der Waals surface area contributed by atoms with E-state index in [9.17, 15) is 4.79 Å². The van der Waals surface area contributed by atoms with Gasteiger partial charge in [-0.05, 0) is 50.2 Å². The van der Waals surface area contributed by atoms with Gasteiger partial charge < -0.3 is 4.74 Å². The Morgan fingerprint density at radius 2 is 2.22 bits per heavy atom. The highest BCUT2D eigenvalue weighted by molar-refractivity contribution is 5.99. The molecule has 0 N–H and O–H groups in total. The second-order valence-corrected chi connectivity index (χ2v) is 5.76. The third-order valence-corrected chi connectivity index (χ3v) is 4.41. The first-order chi connectivity index (χ1) is 8.65. The molecule has 0 radical (unpaired) electrons. The molecule has 2 heteroatoms. The number of hydrogen-bond donors (Lipinski definition) is 0. The minimum Gasteiger partial charge on any atom is -0.490 e. The van der Waals surface area contributed by atoms with Gasteiger partial charge in [0.2, 0.25) is 0 Å². The molecule has 3 aliphatic rings. The summed E-state index contributed by atoms with van der Waals surface area (Å²) in [7, 11) is 0. The SMILES string of the molecule is C=C(C)[C@H]1CCC2=CC3=C(CCCC3=O)O[C@H]2C1. The summed E-state index contributed by atoms with van der Waals surface area (Å²) in [6.45, 7) is 6.18. The number of ketones is 1. The van der Waals surface area contributed by atoms with Crippen LogP contribution in [0.15, 0.2) is 35.1 Å². The number of rotatable bonds is 1. The molecule has 2 nitrogen and oxygen atoms in total. The standard InChI is InChI=1S/C16H20O2/c1-10(2)11-6-7-12-8-13-14(17)4-3-5-15(13)18-16(12)9-11/h8,11,16H,1,3-7,9H2,2H3/t11-,16-/m0/s1. The Morgan fingerprint density at radius 1 is 1.39 bits per heavy atom. The Kier molecular flexibility index (Phi) is 2.89. The molecule has 1 saturated carbocycles. The van der Waals surface area contributed by atoms with Crippen LogP contribution in [0.1, 0.15) is 45.4 Å². The second kappa shape index (κ2) is 4.42. The van der Waals surface area contributed by atoms with E-state index in [4.69, 9.17) is 4.74 Å². The van der Waals surface area contributed by atoms with E-state index in [1.165, 1.54) is 11.1 Å². The molecule has 1 heterocycles. The van der Waals surface area contributed by atoms with Crippen molar-refractivity contribution in [2.75, 3.05) is 0 Å². The normalized spacial score (nSPS) is 31.2. The smallest absolute Gasteiger partial charge is 0.166 e. The number of hydrogen-bond acceptors (Lipinski definition) is 2. The van der Waals surface area contributed by atoms with Crippen LogP contribution >= 0.6 is 0 Å². The molecule has 96 valence electrons. The van der Waals surface area contributed by atoms with Crippen LogP contribution in [0.3, 0.4) is 0 Å². The van der Waals surface area contributed by atoms with Gasteiger partial charge in [-0.15, -0.1) is 0 Å². The maximum Gasteiger partial charge on any atom is 0.166 e. The predicted octanol–water partition coefficient (Wildman–Crippen LogP) is 3.69. The molecule has 2 atom stereocenters. The fourth-order valence-electron chi connectivity index (χ4n) is 3.24. The van der Waals surface area contributed by atoms with Crippen LogP contribution in [-0.2, 0) is 9.53 Å². The van der Waals surface area contributed by atoms with Crippen molar-refractivity contribution in [3.63, 3.8) is 0 Å². The zero-order valence-electron chi connectivity index (χ0n) is 11.0. The molecular formula is C16H20O2. The van der Waals surface area contributed by atoms with E-state index in [1.807, 2.05) is 0 Å². The maximum atomic E-state index is 11.9. The lowest BCUT2D eigenvalue weighted by molar-refractivity contribution is -0.116. The van der Waals surface area contributed by atoms with Gasteiger partial charge in [0.25, 0.3) is 0 Å². The van der Waals surface area contributed by atoms with Gasteiger partial charge in [-0.3, -0.25) is 4.79 Å². The van der Waals surface area contributed by atoms with E-state index in [2.05, 4.69) is 19.6 Å². The van der Waals surface area contributed by atoms with E-state index in [-0.39, 0.29) is 11.9 Å². The monoisotopic (exact) mass is 244 g/mol. The molecule has 0 spiro atoms. The minimum atomic E-state index is 0.199. The lowest BCUT2D eigenvalue weighted by Crippen LogP contribution is -2.30. The van der Waals surface area contributed by atoms with Crippen LogP contribution in [0.5, 0.6) is 0 Å². The van der Waals surface area contributed by atoms with Crippen LogP contribution in [0, 0.1) is 5.92 Å². The third-order valence-electron chi connectivity index (χ3n) is 4.41. The summed E-state index contributed by atoms with van der Waals surface area (Å²) in [5, 5.41) is 0. The van der Waals surface area contributed by atoms with Gasteiger partial charge in [0.15, 0.2) is 5.78 Å². The highest BCUT2D eigenvalue weighted by Gasteiger charge is 2.34. The fraction of sp³-hybridized carbons (Fsp3) is 0.562. The molecule has 1 fully saturated rings. The van der Waals surface area contributed by atoms with E-state index in [0.29, 0.717) is 12.3 Å². The Balaban J connectivity index is 1.84. The molecule has 0 unspecified atom stereocenters. The lowest BCUT2D eigenvalue weighted by Gasteiger charge is -2.37. The average Bonchev–Trinajstić information content (AvgIpc) is 2.36. The molecule has 3 rings (SSSR count). The summed E-state index contributed by atoms with van der Waals surface area (Å²) in [6.07, 6.45) is 8.11. The molecule has 0 aromatic rings. The Hall–Kier alpha value is -1.31. The van der Waals surface area contributed by atoms with Crippen molar-refractivity contribution in [1.82, 2.24) is 0 Å². The van der Waals surface area contributed by atoms with Gasteiger partial charge in [-0.1, -0.05) is 12.2 Å². The molecule has 0 bridgehead atoms. The van der Waals surface area contributed by atoms with Gasteiger partial charge in [0.1, 0.15) is 11.9 Å². The van der Waals surface area contributed by atoms with Crippen molar-refractivity contribution in [3.8, 4) is 0 Å². The Bertz CT molecular complexity index is 467. The van der Waals surface area contributed by atoms with Crippen LogP contribution in [0.2, 0.25) is 0 Å². The molecule has 0 amide bonds. The van der Waals surface area contributed by atoms with E-state index in [1.54, 1.807) is 0 Å². The van der Waals surface area contributed by atoms with Gasteiger partial charge in [-0.2, -0.15) is 0 Å². The summed E-state index contributed by atoms with van der Waals surface area (Å²) in [5.41, 5.74) is 3.44. The number of ether oxygens (including phenoxy) is 1. The van der Waals surface area contributed by atoms with Gasteiger partial charge in [0, 0.05) is 12.8 Å². The number of Topliss-reactive ketones (excluding diaryl/α,β-unsaturated/α-hetero) is 1. The highest BCUT2D eigenvalue weighted by Crippen LogP contribution is 2.40. The maximum absolute atomic E-state index is 11.9. The van der Waals surface area contributed by atoms with Gasteiger partial charge >= 0.3 is 0 Å². The summed E-state index contributed by atoms with van der Waals surface area (Å²) in [5.74, 6) is 1.79. The van der Waals surface area contributed by atoms with Crippen molar-refractivity contribution in [1.29, 1.82) is 0 Å². The molecule has 18 heavy (non-hydrogen) atoms. The lowest BCUT2D eigenvalue weighted by atomic mass is 9.78. The average molecular weight is 244 g/mol. The summed E-state index contributed by atoms with van der Waals surface area (Å²) in [4.78, 5) is 11.9. The zero-order valence-corrected chi connectivity index (χ0v) is 11.0. The van der Waals surface area contributed by atoms with Gasteiger partial charge in [0.05, 0.1) is 5.57 Å². The Morgan fingerprint density at radius 3 is 3.00 bits per heavy atom. The van der Waals surface area contributed by atoms with Crippen molar-refractivity contribution in [2.45, 2.75) is 51.6 Å². The number of allylic oxidation sites excluding steroid dienone is 4. The predicted molar refractivity (Wildman–Crippen MR) is 71.0 cm³/mol. The van der Waals surface area contributed by atoms with E-state index >= 15 is 0 Å². The summed E-state index contributed by atoms with van der Waals surface area (Å²) in [6, 6.07) is 0. The second-order valence-electron chi connectivity index (χ2n) is 5.76. The molecule has 0 aromatic heterocycles. The van der Waals surface area contributed by atoms with Gasteiger partial charge in [-0.25, -0.2) is 0 Å². The number of carbonyl (C=O) groups is 1. The largest absolute Gasteiger partial charge is 0.490 e. The van der Waals surface area contributed by atoms with Crippen LogP contribution in [0.25, 0.3) is 0 Å². The van der Waals surface area contributed by atoms with Crippen LogP contribution < -0.4 is 0 Å². The molecule has 0 saturated heterocycles. The quantitative estimate of drug-likeness (QED) is 0.657. The minimum absolute atomic E-state index is 0.199. The fourth-order valence-corrected chi connectivity index (χ4v) is 3.24. The summed E-state index contributed by atoms with van der Waals surface area (Å²) < 4.78 is 6.09. The Labute approximate surface area is 108 Å². The number of fused-ring (bicyclic) bond motifs is 1. The highest BCUT2D eigenvalue weighted by atomic mass is 16.5. The first kappa shape index (κ1) is 11.8. The first-order valence-electron chi connectivity index (χ1n) is 6.94. The summed E-state index contributed by atoms with van der Waals surface area (Å²) >= 11 is 0. The van der Waals surface area contributed by atoms with Crippen LogP contribution in [-0.4, -0.2) is 11.9 Å². The van der Waals surface area contributed by atoms with E-state index < -0.39 is 0 Å². The van der Waals surface area contributed by atoms with Crippen molar-refractivity contribution in [2.24, 2.45) is 5.92 Å². The van der Waals surface area contributed by atoms with Crippen LogP contribution in [0.4, 0.5) is 0 Å². The third kappa shape index (κ3) is 1.94. The topological polar surface area (TPSA) is 26.3 Å². The molecule has 1 aliphatic heterocycles. The van der Waals surface area contributed by atoms with Crippen molar-refractivity contribution < 1.29 is 9.53 Å². The van der Waals surface area contributed by atoms with Crippen molar-refractivity contribution in [3.05, 3.63) is 35.1 Å². The molecule has 2 aliphatic carbocycles.